The Balaban J connectivity index is 3.73. The maximum absolute atomic E-state index is 9.53. The number of rotatable bonds is 4. The van der Waals surface area contributed by atoms with Crippen LogP contribution in [0.4, 0.5) is 0 Å². The van der Waals surface area contributed by atoms with Crippen LogP contribution in [-0.4, -0.2) is 22.4 Å². The second-order valence-corrected chi connectivity index (χ2v) is 3.80. The van der Waals surface area contributed by atoms with Gasteiger partial charge in [-0.15, -0.1) is 0 Å². The molecule has 0 aromatic rings. The van der Waals surface area contributed by atoms with E-state index in [4.69, 9.17) is 5.11 Å². The SMILES string of the molecule is CC(O)C[C@H](C)[C@@H](O)C(C)C. The Morgan fingerprint density at radius 1 is 1.00 bits per heavy atom. The number of aliphatic hydroxyl groups is 2. The van der Waals surface area contributed by atoms with Gasteiger partial charge in [-0.1, -0.05) is 20.8 Å². The second-order valence-electron chi connectivity index (χ2n) is 3.80. The molecular weight excluding hydrogens is 140 g/mol. The summed E-state index contributed by atoms with van der Waals surface area (Å²) in [5.41, 5.74) is 0. The lowest BCUT2D eigenvalue weighted by atomic mass is 9.91. The summed E-state index contributed by atoms with van der Waals surface area (Å²) in [7, 11) is 0. The maximum Gasteiger partial charge on any atom is 0.0589 e. The van der Waals surface area contributed by atoms with Crippen molar-refractivity contribution in [3.8, 4) is 0 Å². The van der Waals surface area contributed by atoms with Gasteiger partial charge < -0.3 is 10.2 Å². The van der Waals surface area contributed by atoms with Gasteiger partial charge in [0.2, 0.25) is 0 Å². The topological polar surface area (TPSA) is 40.5 Å². The molecule has 2 nitrogen and oxygen atoms in total. The fraction of sp³-hybridized carbons (Fsp3) is 1.00. The summed E-state index contributed by atoms with van der Waals surface area (Å²) in [5, 5.41) is 18.6. The van der Waals surface area contributed by atoms with Gasteiger partial charge in [0.05, 0.1) is 12.2 Å². The van der Waals surface area contributed by atoms with Crippen LogP contribution in [0.15, 0.2) is 0 Å². The minimum absolute atomic E-state index is 0.190. The Morgan fingerprint density at radius 2 is 1.45 bits per heavy atom. The Morgan fingerprint density at radius 3 is 1.73 bits per heavy atom. The molecule has 0 heterocycles. The molecule has 1 unspecified atom stereocenters. The molecule has 0 saturated heterocycles. The number of hydrogen-bond donors (Lipinski definition) is 2. The minimum atomic E-state index is -0.307. The molecule has 0 radical (unpaired) electrons. The average Bonchev–Trinajstić information content (AvgIpc) is 1.84. The van der Waals surface area contributed by atoms with E-state index in [2.05, 4.69) is 0 Å². The van der Waals surface area contributed by atoms with Crippen LogP contribution in [0.5, 0.6) is 0 Å². The van der Waals surface area contributed by atoms with E-state index in [1.54, 1.807) is 6.92 Å². The third-order valence-electron chi connectivity index (χ3n) is 1.98. The first kappa shape index (κ1) is 10.9. The van der Waals surface area contributed by atoms with Crippen molar-refractivity contribution in [3.05, 3.63) is 0 Å². The van der Waals surface area contributed by atoms with Crippen molar-refractivity contribution in [1.82, 2.24) is 0 Å². The van der Waals surface area contributed by atoms with Gasteiger partial charge in [0.15, 0.2) is 0 Å². The molecule has 0 aliphatic heterocycles. The molecule has 0 aromatic carbocycles. The first-order chi connectivity index (χ1) is 4.95. The van der Waals surface area contributed by atoms with Gasteiger partial charge in [-0.3, -0.25) is 0 Å². The molecule has 68 valence electrons. The summed E-state index contributed by atoms with van der Waals surface area (Å²) in [5.74, 6) is 0.471. The van der Waals surface area contributed by atoms with Crippen LogP contribution in [0, 0.1) is 11.8 Å². The van der Waals surface area contributed by atoms with Crippen LogP contribution >= 0.6 is 0 Å². The molecule has 11 heavy (non-hydrogen) atoms. The summed E-state index contributed by atoms with van der Waals surface area (Å²) < 4.78 is 0. The molecule has 0 saturated carbocycles. The Labute approximate surface area is 69.2 Å². The van der Waals surface area contributed by atoms with Crippen LogP contribution in [0.25, 0.3) is 0 Å². The molecule has 0 fully saturated rings. The molecule has 3 atom stereocenters. The largest absolute Gasteiger partial charge is 0.393 e. The third kappa shape index (κ3) is 4.38. The highest BCUT2D eigenvalue weighted by Crippen LogP contribution is 2.16. The summed E-state index contributed by atoms with van der Waals surface area (Å²) >= 11 is 0. The van der Waals surface area contributed by atoms with E-state index in [1.165, 1.54) is 0 Å². The normalized spacial score (nSPS) is 19.9. The fourth-order valence-corrected chi connectivity index (χ4v) is 1.33. The first-order valence-corrected chi connectivity index (χ1v) is 4.31. The van der Waals surface area contributed by atoms with E-state index in [-0.39, 0.29) is 24.0 Å². The highest BCUT2D eigenvalue weighted by molar-refractivity contribution is 4.69. The summed E-state index contributed by atoms with van der Waals surface area (Å²) in [4.78, 5) is 0. The molecular formula is C9H20O2. The molecule has 2 N–H and O–H groups in total. The highest BCUT2D eigenvalue weighted by Gasteiger charge is 2.18. The molecule has 0 bridgehead atoms. The van der Waals surface area contributed by atoms with Crippen molar-refractivity contribution in [2.45, 2.75) is 46.3 Å². The lowest BCUT2D eigenvalue weighted by Gasteiger charge is -2.22. The van der Waals surface area contributed by atoms with Crippen LogP contribution in [0.1, 0.15) is 34.1 Å². The van der Waals surface area contributed by atoms with E-state index in [1.807, 2.05) is 20.8 Å². The van der Waals surface area contributed by atoms with E-state index in [0.29, 0.717) is 6.42 Å². The standard InChI is InChI=1S/C9H20O2/c1-6(2)9(11)7(3)5-8(4)10/h6-11H,5H2,1-4H3/t7-,8?,9-/m0/s1. The number of hydrogen-bond acceptors (Lipinski definition) is 2. The van der Waals surface area contributed by atoms with Gasteiger partial charge in [0, 0.05) is 0 Å². The Bertz CT molecular complexity index is 99.7. The predicted molar refractivity (Wildman–Crippen MR) is 46.3 cm³/mol. The van der Waals surface area contributed by atoms with Gasteiger partial charge in [0.25, 0.3) is 0 Å². The van der Waals surface area contributed by atoms with Crippen LogP contribution < -0.4 is 0 Å². The van der Waals surface area contributed by atoms with E-state index in [9.17, 15) is 5.11 Å². The Kier molecular flexibility index (Phi) is 4.69. The summed E-state index contributed by atoms with van der Waals surface area (Å²) in [6, 6.07) is 0. The van der Waals surface area contributed by atoms with Crippen molar-refractivity contribution >= 4 is 0 Å². The van der Waals surface area contributed by atoms with Crippen molar-refractivity contribution in [3.63, 3.8) is 0 Å². The summed E-state index contributed by atoms with van der Waals surface area (Å²) in [6.07, 6.45) is 0.0855. The molecule has 0 aromatic heterocycles. The minimum Gasteiger partial charge on any atom is -0.393 e. The molecule has 2 heteroatoms. The van der Waals surface area contributed by atoms with Crippen LogP contribution in [0.2, 0.25) is 0 Å². The molecule has 0 amide bonds. The van der Waals surface area contributed by atoms with E-state index >= 15 is 0 Å². The van der Waals surface area contributed by atoms with E-state index < -0.39 is 0 Å². The number of aliphatic hydroxyl groups excluding tert-OH is 2. The predicted octanol–water partition coefficient (Wildman–Crippen LogP) is 1.41. The van der Waals surface area contributed by atoms with Gasteiger partial charge in [-0.2, -0.15) is 0 Å². The van der Waals surface area contributed by atoms with Gasteiger partial charge in [-0.25, -0.2) is 0 Å². The molecule has 0 rings (SSSR count). The third-order valence-corrected chi connectivity index (χ3v) is 1.98. The fourth-order valence-electron chi connectivity index (χ4n) is 1.33. The zero-order valence-corrected chi connectivity index (χ0v) is 7.91. The van der Waals surface area contributed by atoms with Gasteiger partial charge in [-0.05, 0) is 25.2 Å². The van der Waals surface area contributed by atoms with Crippen LogP contribution in [-0.2, 0) is 0 Å². The monoisotopic (exact) mass is 160 g/mol. The lowest BCUT2D eigenvalue weighted by molar-refractivity contribution is 0.0445. The zero-order valence-electron chi connectivity index (χ0n) is 7.91. The Hall–Kier alpha value is -0.0800. The van der Waals surface area contributed by atoms with Crippen molar-refractivity contribution in [2.75, 3.05) is 0 Å². The first-order valence-electron chi connectivity index (χ1n) is 4.31. The second kappa shape index (κ2) is 4.73. The maximum atomic E-state index is 9.53. The smallest absolute Gasteiger partial charge is 0.0589 e. The van der Waals surface area contributed by atoms with Gasteiger partial charge in [0.1, 0.15) is 0 Å². The van der Waals surface area contributed by atoms with Crippen molar-refractivity contribution in [1.29, 1.82) is 0 Å². The van der Waals surface area contributed by atoms with Crippen molar-refractivity contribution in [2.24, 2.45) is 11.8 Å². The van der Waals surface area contributed by atoms with Crippen LogP contribution in [0.3, 0.4) is 0 Å². The average molecular weight is 160 g/mol. The summed E-state index contributed by atoms with van der Waals surface area (Å²) in [6.45, 7) is 7.70. The lowest BCUT2D eigenvalue weighted by Crippen LogP contribution is -2.26. The molecule has 0 aliphatic rings. The van der Waals surface area contributed by atoms with E-state index in [0.717, 1.165) is 0 Å². The highest BCUT2D eigenvalue weighted by atomic mass is 16.3. The van der Waals surface area contributed by atoms with Gasteiger partial charge >= 0.3 is 0 Å². The zero-order chi connectivity index (χ0) is 9.02. The molecule has 0 spiro atoms. The van der Waals surface area contributed by atoms with Crippen molar-refractivity contribution < 1.29 is 10.2 Å². The quantitative estimate of drug-likeness (QED) is 0.653. The molecule has 0 aliphatic carbocycles.